The number of carbonyl (C=O) groups excluding carboxylic acids is 1. The molecule has 1 heterocycles. The Hall–Kier alpha value is -4.24. The number of carbonyl (C=O) groups is 1. The number of aliphatic imine (C=N–C) groups is 1. The summed E-state index contributed by atoms with van der Waals surface area (Å²) in [6.07, 6.45) is -4.76. The minimum absolute atomic E-state index is 0.0252. The SMILES string of the molecule is O=C(NCc1ccc(Cl)cc1)[C@H]1CC(c2c(F)cccc2F)=NC1c1ccc(-c2ccc(OC(F)(F)F)cc2)cc1. The molecule has 2 atom stereocenters. The molecule has 0 bridgehead atoms. The third-order valence-corrected chi connectivity index (χ3v) is 6.98. The number of ether oxygens (including phenoxy) is 1. The maximum absolute atomic E-state index is 14.6. The fraction of sp³-hybridized carbons (Fsp3) is 0.161. The summed E-state index contributed by atoms with van der Waals surface area (Å²) in [7, 11) is 0. The lowest BCUT2D eigenvalue weighted by atomic mass is 9.89. The second kappa shape index (κ2) is 11.7. The van der Waals surface area contributed by atoms with Gasteiger partial charge in [0.25, 0.3) is 0 Å². The van der Waals surface area contributed by atoms with E-state index in [0.717, 1.165) is 17.7 Å². The van der Waals surface area contributed by atoms with Gasteiger partial charge in [0.05, 0.1) is 17.5 Å². The smallest absolute Gasteiger partial charge is 0.406 e. The van der Waals surface area contributed by atoms with Gasteiger partial charge in [-0.1, -0.05) is 66.2 Å². The normalized spacial score (nSPS) is 16.8. The van der Waals surface area contributed by atoms with Gasteiger partial charge in [-0.05, 0) is 58.7 Å². The number of hydrogen-bond donors (Lipinski definition) is 1. The van der Waals surface area contributed by atoms with Gasteiger partial charge < -0.3 is 10.1 Å². The number of rotatable bonds is 7. The molecule has 1 N–H and O–H groups in total. The second-order valence-corrected chi connectivity index (χ2v) is 9.90. The van der Waals surface area contributed by atoms with E-state index in [1.54, 1.807) is 48.5 Å². The predicted molar refractivity (Wildman–Crippen MR) is 146 cm³/mol. The van der Waals surface area contributed by atoms with Crippen LogP contribution in [0.4, 0.5) is 22.0 Å². The van der Waals surface area contributed by atoms with Crippen LogP contribution in [0.5, 0.6) is 5.75 Å². The molecule has 0 fully saturated rings. The molecule has 10 heteroatoms. The van der Waals surface area contributed by atoms with Crippen LogP contribution in [-0.2, 0) is 11.3 Å². The Morgan fingerprint density at radius 3 is 2.05 bits per heavy atom. The van der Waals surface area contributed by atoms with Crippen molar-refractivity contribution in [1.29, 1.82) is 0 Å². The van der Waals surface area contributed by atoms with E-state index in [1.807, 2.05) is 0 Å². The molecule has 0 radical (unpaired) electrons. The molecule has 0 spiro atoms. The Bertz CT molecular complexity index is 1550. The van der Waals surface area contributed by atoms with Crippen molar-refractivity contribution in [2.45, 2.75) is 25.4 Å². The molecular formula is C31H22ClF5N2O2. The molecule has 41 heavy (non-hydrogen) atoms. The second-order valence-electron chi connectivity index (χ2n) is 9.47. The molecule has 1 amide bonds. The Labute approximate surface area is 237 Å². The third kappa shape index (κ3) is 6.74. The van der Waals surface area contributed by atoms with Gasteiger partial charge in [0.2, 0.25) is 5.91 Å². The highest BCUT2D eigenvalue weighted by atomic mass is 35.5. The number of hydrogen-bond acceptors (Lipinski definition) is 3. The zero-order valence-corrected chi connectivity index (χ0v) is 22.0. The average Bonchev–Trinajstić information content (AvgIpc) is 3.37. The molecule has 210 valence electrons. The highest BCUT2D eigenvalue weighted by Gasteiger charge is 2.37. The molecule has 4 aromatic carbocycles. The fourth-order valence-electron chi connectivity index (χ4n) is 4.76. The number of amides is 1. The van der Waals surface area contributed by atoms with Gasteiger partial charge in [-0.2, -0.15) is 0 Å². The van der Waals surface area contributed by atoms with Crippen LogP contribution in [0.15, 0.2) is 96.0 Å². The van der Waals surface area contributed by atoms with Crippen molar-refractivity contribution in [3.63, 3.8) is 0 Å². The van der Waals surface area contributed by atoms with Gasteiger partial charge >= 0.3 is 6.36 Å². The van der Waals surface area contributed by atoms with E-state index < -0.39 is 30.0 Å². The van der Waals surface area contributed by atoms with Crippen LogP contribution in [-0.4, -0.2) is 18.0 Å². The molecule has 0 aromatic heterocycles. The van der Waals surface area contributed by atoms with Gasteiger partial charge in [0, 0.05) is 23.7 Å². The molecule has 1 aliphatic heterocycles. The van der Waals surface area contributed by atoms with Crippen LogP contribution in [0.3, 0.4) is 0 Å². The largest absolute Gasteiger partial charge is 0.573 e. The zero-order chi connectivity index (χ0) is 29.1. The van der Waals surface area contributed by atoms with Crippen molar-refractivity contribution in [3.05, 3.63) is 124 Å². The summed E-state index contributed by atoms with van der Waals surface area (Å²) in [5.74, 6) is -2.93. The molecular weight excluding hydrogens is 563 g/mol. The molecule has 1 aliphatic rings. The summed E-state index contributed by atoms with van der Waals surface area (Å²) in [4.78, 5) is 17.9. The van der Waals surface area contributed by atoms with E-state index in [2.05, 4.69) is 15.0 Å². The lowest BCUT2D eigenvalue weighted by Gasteiger charge is -2.18. The Morgan fingerprint density at radius 2 is 1.46 bits per heavy atom. The van der Waals surface area contributed by atoms with Crippen molar-refractivity contribution < 1.29 is 31.5 Å². The molecule has 4 nitrogen and oxygen atoms in total. The van der Waals surface area contributed by atoms with Crippen molar-refractivity contribution in [3.8, 4) is 16.9 Å². The summed E-state index contributed by atoms with van der Waals surface area (Å²) in [5.41, 5.74) is 2.72. The van der Waals surface area contributed by atoms with E-state index in [1.165, 1.54) is 30.3 Å². The van der Waals surface area contributed by atoms with E-state index >= 15 is 0 Å². The van der Waals surface area contributed by atoms with Crippen molar-refractivity contribution in [2.24, 2.45) is 10.9 Å². The summed E-state index contributed by atoms with van der Waals surface area (Å²) >= 11 is 5.93. The number of alkyl halides is 3. The number of nitrogens with zero attached hydrogens (tertiary/aromatic N) is 1. The van der Waals surface area contributed by atoms with Crippen LogP contribution >= 0.6 is 11.6 Å². The minimum Gasteiger partial charge on any atom is -0.406 e. The topological polar surface area (TPSA) is 50.7 Å². The average molecular weight is 585 g/mol. The van der Waals surface area contributed by atoms with Crippen LogP contribution in [0, 0.1) is 17.6 Å². The summed E-state index contributed by atoms with van der Waals surface area (Å²) in [5, 5.41) is 3.45. The molecule has 0 saturated heterocycles. The predicted octanol–water partition coefficient (Wildman–Crippen LogP) is 8.05. The van der Waals surface area contributed by atoms with E-state index in [4.69, 9.17) is 11.6 Å². The van der Waals surface area contributed by atoms with Crippen molar-refractivity contribution in [1.82, 2.24) is 5.32 Å². The van der Waals surface area contributed by atoms with Gasteiger partial charge in [-0.3, -0.25) is 9.79 Å². The zero-order valence-electron chi connectivity index (χ0n) is 21.3. The molecule has 0 aliphatic carbocycles. The first kappa shape index (κ1) is 28.3. The van der Waals surface area contributed by atoms with Gasteiger partial charge in [-0.15, -0.1) is 13.2 Å². The first-order valence-electron chi connectivity index (χ1n) is 12.6. The van der Waals surface area contributed by atoms with E-state index in [0.29, 0.717) is 21.7 Å². The Kier molecular flexibility index (Phi) is 8.08. The lowest BCUT2D eigenvalue weighted by molar-refractivity contribution is -0.274. The monoisotopic (exact) mass is 584 g/mol. The van der Waals surface area contributed by atoms with E-state index in [9.17, 15) is 26.7 Å². The summed E-state index contributed by atoms with van der Waals surface area (Å²) in [6.45, 7) is 0.232. The third-order valence-electron chi connectivity index (χ3n) is 6.73. The van der Waals surface area contributed by atoms with Crippen LogP contribution in [0.2, 0.25) is 5.02 Å². The van der Waals surface area contributed by atoms with Gasteiger partial charge in [0.1, 0.15) is 17.4 Å². The molecule has 5 rings (SSSR count). The molecule has 4 aromatic rings. The minimum atomic E-state index is -4.78. The van der Waals surface area contributed by atoms with Crippen LogP contribution in [0.25, 0.3) is 11.1 Å². The van der Waals surface area contributed by atoms with Crippen molar-refractivity contribution in [2.75, 3.05) is 0 Å². The first-order chi connectivity index (χ1) is 19.6. The highest BCUT2D eigenvalue weighted by molar-refractivity contribution is 6.30. The standard InChI is InChI=1S/C31H22ClF5N2O2/c32-22-12-4-18(5-13-22)17-38-30(40)24-16-27(28-25(33)2-1-3-26(28)34)39-29(24)21-8-6-19(7-9-21)20-10-14-23(15-11-20)41-31(35,36)37/h1-15,24,29H,16-17H2,(H,38,40)/t24-,29?/m0/s1. The lowest BCUT2D eigenvalue weighted by Crippen LogP contribution is -2.32. The summed E-state index contributed by atoms with van der Waals surface area (Å²) < 4.78 is 70.6. The number of benzene rings is 4. The van der Waals surface area contributed by atoms with Crippen LogP contribution < -0.4 is 10.1 Å². The first-order valence-corrected chi connectivity index (χ1v) is 12.9. The maximum Gasteiger partial charge on any atom is 0.573 e. The number of halogens is 6. The molecule has 0 saturated carbocycles. The van der Waals surface area contributed by atoms with Gasteiger partial charge in [-0.25, -0.2) is 8.78 Å². The fourth-order valence-corrected chi connectivity index (χ4v) is 4.88. The Balaban J connectivity index is 1.40. The van der Waals surface area contributed by atoms with Gasteiger partial charge in [0.15, 0.2) is 0 Å². The van der Waals surface area contributed by atoms with E-state index in [-0.39, 0.29) is 35.9 Å². The quantitative estimate of drug-likeness (QED) is 0.223. The Morgan fingerprint density at radius 1 is 0.878 bits per heavy atom. The number of nitrogens with one attached hydrogen (secondary N) is 1. The maximum atomic E-state index is 14.6. The van der Waals surface area contributed by atoms with Crippen LogP contribution in [0.1, 0.15) is 29.2 Å². The highest BCUT2D eigenvalue weighted by Crippen LogP contribution is 2.38. The summed E-state index contributed by atoms with van der Waals surface area (Å²) in [6, 6.07) is 22.2. The molecule has 1 unspecified atom stereocenters. The van der Waals surface area contributed by atoms with Crippen molar-refractivity contribution >= 4 is 23.2 Å².